The summed E-state index contributed by atoms with van der Waals surface area (Å²) in [5.41, 5.74) is 6.86. The van der Waals surface area contributed by atoms with E-state index in [4.69, 9.17) is 33.7 Å². The summed E-state index contributed by atoms with van der Waals surface area (Å²) < 4.78 is 5.05. The molecule has 0 fully saturated rings. The summed E-state index contributed by atoms with van der Waals surface area (Å²) in [6.45, 7) is 1.61. The van der Waals surface area contributed by atoms with Crippen LogP contribution in [0.4, 0.5) is 5.69 Å². The highest BCUT2D eigenvalue weighted by molar-refractivity contribution is 6.37. The lowest BCUT2D eigenvalue weighted by molar-refractivity contribution is -0.125. The van der Waals surface area contributed by atoms with E-state index in [1.54, 1.807) is 0 Å². The predicted octanol–water partition coefficient (Wildman–Crippen LogP) is 4.39. The number of carbonyl (C=O) groups excluding carboxylic acids is 2. The van der Waals surface area contributed by atoms with Gasteiger partial charge in [0.05, 0.1) is 22.3 Å². The lowest BCUT2D eigenvalue weighted by atomic mass is 10.0. The standard InChI is InChI=1S/C19H20Cl2N2O3/c1-2-6-16(12-7-4-3-5-8-12)23-17(24)11-26-19(25)14-9-13(20)10-15(21)18(14)22/h3-5,7-10,16H,2,6,11,22H2,1H3,(H,23,24)/t16-/m0/s1. The van der Waals surface area contributed by atoms with Crippen LogP contribution in [-0.2, 0) is 9.53 Å². The number of hydrogen-bond acceptors (Lipinski definition) is 4. The van der Waals surface area contributed by atoms with E-state index < -0.39 is 18.5 Å². The van der Waals surface area contributed by atoms with Gasteiger partial charge in [-0.15, -0.1) is 0 Å². The molecular formula is C19H20Cl2N2O3. The Labute approximate surface area is 162 Å². The summed E-state index contributed by atoms with van der Waals surface area (Å²) in [6, 6.07) is 12.3. The third kappa shape index (κ3) is 5.38. The topological polar surface area (TPSA) is 81.4 Å². The van der Waals surface area contributed by atoms with E-state index in [1.165, 1.54) is 12.1 Å². The van der Waals surface area contributed by atoms with Gasteiger partial charge in [0.15, 0.2) is 6.61 Å². The molecule has 5 nitrogen and oxygen atoms in total. The van der Waals surface area contributed by atoms with Gasteiger partial charge in [0.2, 0.25) is 0 Å². The van der Waals surface area contributed by atoms with Gasteiger partial charge in [0.1, 0.15) is 0 Å². The first kappa shape index (κ1) is 20.1. The summed E-state index contributed by atoms with van der Waals surface area (Å²) in [5.74, 6) is -1.15. The maximum Gasteiger partial charge on any atom is 0.340 e. The predicted molar refractivity (Wildman–Crippen MR) is 103 cm³/mol. The van der Waals surface area contributed by atoms with Crippen LogP contribution >= 0.6 is 23.2 Å². The van der Waals surface area contributed by atoms with Crippen LogP contribution in [0.25, 0.3) is 0 Å². The second-order valence-corrected chi connectivity index (χ2v) is 6.59. The lowest BCUT2D eigenvalue weighted by Gasteiger charge is -2.18. The maximum atomic E-state index is 12.2. The average molecular weight is 395 g/mol. The van der Waals surface area contributed by atoms with Crippen molar-refractivity contribution in [2.75, 3.05) is 12.3 Å². The first-order valence-electron chi connectivity index (χ1n) is 8.18. The second-order valence-electron chi connectivity index (χ2n) is 5.74. The smallest absolute Gasteiger partial charge is 0.340 e. The van der Waals surface area contributed by atoms with Crippen LogP contribution in [0.2, 0.25) is 10.0 Å². The van der Waals surface area contributed by atoms with Crippen LogP contribution in [0.3, 0.4) is 0 Å². The minimum Gasteiger partial charge on any atom is -0.452 e. The molecule has 0 aromatic heterocycles. The van der Waals surface area contributed by atoms with Crippen molar-refractivity contribution in [1.29, 1.82) is 0 Å². The van der Waals surface area contributed by atoms with Gasteiger partial charge in [-0.25, -0.2) is 4.79 Å². The molecule has 3 N–H and O–H groups in total. The summed E-state index contributed by atoms with van der Waals surface area (Å²) >= 11 is 11.8. The molecule has 138 valence electrons. The molecule has 2 aromatic rings. The van der Waals surface area contributed by atoms with E-state index in [0.717, 1.165) is 18.4 Å². The SMILES string of the molecule is CCC[C@H](NC(=O)COC(=O)c1cc(Cl)cc(Cl)c1N)c1ccccc1. The number of nitrogens with one attached hydrogen (secondary N) is 1. The molecule has 2 rings (SSSR count). The van der Waals surface area contributed by atoms with Gasteiger partial charge < -0.3 is 15.8 Å². The molecule has 0 saturated heterocycles. The van der Waals surface area contributed by atoms with Crippen LogP contribution in [0, 0.1) is 0 Å². The Hall–Kier alpha value is -2.24. The first-order valence-corrected chi connectivity index (χ1v) is 8.94. The molecule has 0 aliphatic carbocycles. The monoisotopic (exact) mass is 394 g/mol. The second kappa shape index (κ2) is 9.46. The molecule has 7 heteroatoms. The Morgan fingerprint density at radius 3 is 2.54 bits per heavy atom. The zero-order valence-corrected chi connectivity index (χ0v) is 15.8. The Morgan fingerprint density at radius 1 is 1.19 bits per heavy atom. The highest BCUT2D eigenvalue weighted by atomic mass is 35.5. The van der Waals surface area contributed by atoms with Gasteiger partial charge in [-0.05, 0) is 24.1 Å². The molecule has 1 atom stereocenters. The van der Waals surface area contributed by atoms with E-state index in [9.17, 15) is 9.59 Å². The number of rotatable bonds is 7. The number of amides is 1. The number of anilines is 1. The highest BCUT2D eigenvalue weighted by Crippen LogP contribution is 2.28. The number of esters is 1. The Morgan fingerprint density at radius 2 is 1.88 bits per heavy atom. The quantitative estimate of drug-likeness (QED) is 0.538. The van der Waals surface area contributed by atoms with Crippen molar-refractivity contribution in [2.24, 2.45) is 0 Å². The summed E-state index contributed by atoms with van der Waals surface area (Å²) in [4.78, 5) is 24.3. The average Bonchev–Trinajstić information content (AvgIpc) is 2.63. The normalized spacial score (nSPS) is 11.7. The number of hydrogen-bond donors (Lipinski definition) is 2. The molecule has 0 saturated carbocycles. The number of carbonyl (C=O) groups is 2. The Kier molecular flexibility index (Phi) is 7.30. The van der Waals surface area contributed by atoms with Gasteiger partial charge in [-0.2, -0.15) is 0 Å². The van der Waals surface area contributed by atoms with Gasteiger partial charge in [0.25, 0.3) is 5.91 Å². The number of benzene rings is 2. The van der Waals surface area contributed by atoms with Gasteiger partial charge >= 0.3 is 5.97 Å². The zero-order chi connectivity index (χ0) is 19.1. The van der Waals surface area contributed by atoms with Crippen molar-refractivity contribution in [3.05, 3.63) is 63.6 Å². The van der Waals surface area contributed by atoms with E-state index in [-0.39, 0.29) is 27.3 Å². The van der Waals surface area contributed by atoms with Crippen LogP contribution < -0.4 is 11.1 Å². The first-order chi connectivity index (χ1) is 12.4. The number of nitrogens with two attached hydrogens (primary N) is 1. The van der Waals surface area contributed by atoms with E-state index >= 15 is 0 Å². The summed E-state index contributed by atoms with van der Waals surface area (Å²) in [6.07, 6.45) is 1.68. The Balaban J connectivity index is 1.98. The molecule has 0 spiro atoms. The van der Waals surface area contributed by atoms with Crippen LogP contribution in [0.1, 0.15) is 41.7 Å². The molecule has 0 aliphatic heterocycles. The van der Waals surface area contributed by atoms with Crippen LogP contribution in [0.5, 0.6) is 0 Å². The number of ether oxygens (including phenoxy) is 1. The fourth-order valence-corrected chi connectivity index (χ4v) is 2.99. The van der Waals surface area contributed by atoms with Crippen molar-refractivity contribution in [3.63, 3.8) is 0 Å². The third-order valence-corrected chi connectivity index (χ3v) is 4.29. The number of halogens is 2. The molecule has 0 radical (unpaired) electrons. The Bertz CT molecular complexity index is 782. The van der Waals surface area contributed by atoms with Gasteiger partial charge in [-0.1, -0.05) is 66.9 Å². The van der Waals surface area contributed by atoms with Crippen molar-refractivity contribution < 1.29 is 14.3 Å². The fourth-order valence-electron chi connectivity index (χ4n) is 2.49. The van der Waals surface area contributed by atoms with E-state index in [2.05, 4.69) is 5.32 Å². The highest BCUT2D eigenvalue weighted by Gasteiger charge is 2.18. The fraction of sp³-hybridized carbons (Fsp3) is 0.263. The van der Waals surface area contributed by atoms with Crippen molar-refractivity contribution >= 4 is 40.8 Å². The minimum atomic E-state index is -0.756. The molecule has 0 heterocycles. The van der Waals surface area contributed by atoms with Crippen LogP contribution in [-0.4, -0.2) is 18.5 Å². The zero-order valence-electron chi connectivity index (χ0n) is 14.3. The molecule has 1 amide bonds. The van der Waals surface area contributed by atoms with Gasteiger partial charge in [0, 0.05) is 5.02 Å². The molecule has 0 aliphatic rings. The molecule has 2 aromatic carbocycles. The minimum absolute atomic E-state index is 0.0310. The lowest BCUT2D eigenvalue weighted by Crippen LogP contribution is -2.32. The van der Waals surface area contributed by atoms with Gasteiger partial charge in [-0.3, -0.25) is 4.79 Å². The van der Waals surface area contributed by atoms with Crippen molar-refractivity contribution in [2.45, 2.75) is 25.8 Å². The van der Waals surface area contributed by atoms with Crippen LogP contribution in [0.15, 0.2) is 42.5 Å². The molecule has 0 bridgehead atoms. The van der Waals surface area contributed by atoms with Crippen molar-refractivity contribution in [1.82, 2.24) is 5.32 Å². The molecular weight excluding hydrogens is 375 g/mol. The third-order valence-electron chi connectivity index (χ3n) is 3.76. The van der Waals surface area contributed by atoms with E-state index in [1.807, 2.05) is 37.3 Å². The molecule has 0 unspecified atom stereocenters. The molecule has 26 heavy (non-hydrogen) atoms. The maximum absolute atomic E-state index is 12.2. The van der Waals surface area contributed by atoms with Crippen molar-refractivity contribution in [3.8, 4) is 0 Å². The number of nitrogen functional groups attached to an aromatic ring is 1. The summed E-state index contributed by atoms with van der Waals surface area (Å²) in [7, 11) is 0. The largest absolute Gasteiger partial charge is 0.452 e. The van der Waals surface area contributed by atoms with E-state index in [0.29, 0.717) is 0 Å². The summed E-state index contributed by atoms with van der Waals surface area (Å²) in [5, 5.41) is 3.29.